The molecule has 0 unspecified atom stereocenters. The summed E-state index contributed by atoms with van der Waals surface area (Å²) in [5.41, 5.74) is 4.39. The number of aromatic nitrogens is 1. The number of carbonyl (C=O) groups is 4. The fraction of sp³-hybridized carbons (Fsp3) is 0.345. The molecular weight excluding hydrogens is 532 g/mol. The topological polar surface area (TPSA) is 99.7 Å². The van der Waals surface area contributed by atoms with Crippen LogP contribution in [0.25, 0.3) is 11.1 Å². The van der Waals surface area contributed by atoms with Gasteiger partial charge < -0.3 is 10.2 Å². The quantitative estimate of drug-likeness (QED) is 0.394. The van der Waals surface area contributed by atoms with E-state index in [0.717, 1.165) is 57.7 Å². The Kier molecular flexibility index (Phi) is 8.42. The molecule has 0 spiro atoms. The van der Waals surface area contributed by atoms with Crippen molar-refractivity contribution in [2.45, 2.75) is 38.5 Å². The Labute approximate surface area is 235 Å². The van der Waals surface area contributed by atoms with Crippen molar-refractivity contribution in [1.29, 1.82) is 0 Å². The van der Waals surface area contributed by atoms with Crippen LogP contribution < -0.4 is 5.32 Å². The smallest absolute Gasteiger partial charge is 0.288 e. The average Bonchev–Trinajstić information content (AvgIpc) is 3.59. The highest BCUT2D eigenvalue weighted by Crippen LogP contribution is 2.32. The molecule has 0 radical (unpaired) electrons. The number of likely N-dealkylation sites (tertiary alicyclic amines) is 1. The van der Waals surface area contributed by atoms with Gasteiger partial charge >= 0.3 is 0 Å². The van der Waals surface area contributed by atoms with Crippen molar-refractivity contribution in [2.24, 2.45) is 0 Å². The number of carbonyl (C=O) groups excluding carboxylic acids is 4. The van der Waals surface area contributed by atoms with E-state index in [0.29, 0.717) is 18.8 Å². The van der Waals surface area contributed by atoms with E-state index < -0.39 is 0 Å². The van der Waals surface area contributed by atoms with Crippen molar-refractivity contribution in [3.05, 3.63) is 70.2 Å². The number of thioether (sulfide) groups is 1. The van der Waals surface area contributed by atoms with Gasteiger partial charge in [-0.25, -0.2) is 4.98 Å². The van der Waals surface area contributed by atoms with Gasteiger partial charge in [0, 0.05) is 48.6 Å². The molecule has 0 saturated carbocycles. The minimum atomic E-state index is -0.274. The molecule has 2 aliphatic heterocycles. The van der Waals surface area contributed by atoms with E-state index in [4.69, 9.17) is 0 Å². The van der Waals surface area contributed by atoms with Gasteiger partial charge in [0.05, 0.1) is 10.8 Å². The summed E-state index contributed by atoms with van der Waals surface area (Å²) in [5.74, 6) is -0.177. The zero-order valence-corrected chi connectivity index (χ0v) is 23.4. The number of nitrogens with one attached hydrogen (secondary N) is 1. The minimum Gasteiger partial charge on any atom is -0.343 e. The first-order valence-electron chi connectivity index (χ1n) is 13.1. The molecule has 2 fully saturated rings. The van der Waals surface area contributed by atoms with Gasteiger partial charge in [-0.05, 0) is 36.5 Å². The zero-order chi connectivity index (χ0) is 27.4. The predicted molar refractivity (Wildman–Crippen MR) is 154 cm³/mol. The number of nitrogens with zero attached hydrogens (tertiary/aromatic N) is 3. The molecule has 39 heavy (non-hydrogen) atoms. The van der Waals surface area contributed by atoms with Gasteiger partial charge in [0.15, 0.2) is 0 Å². The number of imide groups is 1. The van der Waals surface area contributed by atoms with Gasteiger partial charge in [0.2, 0.25) is 11.8 Å². The van der Waals surface area contributed by atoms with Crippen molar-refractivity contribution < 1.29 is 19.2 Å². The molecule has 0 atom stereocenters. The van der Waals surface area contributed by atoms with Crippen LogP contribution in [0.2, 0.25) is 0 Å². The first-order valence-corrected chi connectivity index (χ1v) is 15.0. The lowest BCUT2D eigenvalue weighted by molar-refractivity contribution is -0.133. The fourth-order valence-corrected chi connectivity index (χ4v) is 6.59. The van der Waals surface area contributed by atoms with Gasteiger partial charge in [-0.3, -0.25) is 24.1 Å². The average molecular weight is 563 g/mol. The van der Waals surface area contributed by atoms with E-state index in [-0.39, 0.29) is 47.6 Å². The lowest BCUT2D eigenvalue weighted by atomic mass is 9.97. The molecule has 3 heterocycles. The number of hydrogen-bond acceptors (Lipinski definition) is 7. The van der Waals surface area contributed by atoms with E-state index in [1.807, 2.05) is 24.3 Å². The van der Waals surface area contributed by atoms with Gasteiger partial charge in [-0.1, -0.05) is 61.2 Å². The Balaban J connectivity index is 1.16. The number of aryl methyl sites for hydroxylation is 1. The summed E-state index contributed by atoms with van der Waals surface area (Å²) < 4.78 is 0. The summed E-state index contributed by atoms with van der Waals surface area (Å²) in [6.07, 6.45) is 2.64. The molecule has 0 aliphatic carbocycles. The molecular formula is C29H30N4O4S2. The normalized spacial score (nSPS) is 16.1. The summed E-state index contributed by atoms with van der Waals surface area (Å²) >= 11 is 2.46. The maximum atomic E-state index is 13.1. The second kappa shape index (κ2) is 12.1. The predicted octanol–water partition coefficient (Wildman–Crippen LogP) is 5.42. The first kappa shape index (κ1) is 27.1. The largest absolute Gasteiger partial charge is 0.343 e. The number of thiazole rings is 1. The van der Waals surface area contributed by atoms with E-state index in [2.05, 4.69) is 41.5 Å². The third-order valence-electron chi connectivity index (χ3n) is 7.19. The molecule has 5 rings (SSSR count). The summed E-state index contributed by atoms with van der Waals surface area (Å²) in [4.78, 5) is 56.8. The lowest BCUT2D eigenvalue weighted by Gasteiger charge is -2.31. The maximum Gasteiger partial charge on any atom is 0.288 e. The third kappa shape index (κ3) is 6.23. The third-order valence-corrected chi connectivity index (χ3v) is 9.06. The maximum absolute atomic E-state index is 13.1. The van der Waals surface area contributed by atoms with Gasteiger partial charge in [-0.15, -0.1) is 11.3 Å². The number of anilines is 1. The van der Waals surface area contributed by atoms with E-state index in [1.54, 1.807) is 10.3 Å². The van der Waals surface area contributed by atoms with Crippen molar-refractivity contribution >= 4 is 51.7 Å². The Bertz CT molecular complexity index is 1360. The summed E-state index contributed by atoms with van der Waals surface area (Å²) in [6, 6.07) is 16.1. The Morgan fingerprint density at radius 1 is 1.05 bits per heavy atom. The van der Waals surface area contributed by atoms with Crippen molar-refractivity contribution in [3.8, 4) is 11.1 Å². The zero-order valence-electron chi connectivity index (χ0n) is 21.7. The molecule has 2 aromatic carbocycles. The molecule has 0 bridgehead atoms. The summed E-state index contributed by atoms with van der Waals surface area (Å²) in [6.45, 7) is 3.44. The molecule has 8 nitrogen and oxygen atoms in total. The van der Waals surface area contributed by atoms with Gasteiger partial charge in [-0.2, -0.15) is 0 Å². The molecule has 4 amide bonds. The van der Waals surface area contributed by atoms with E-state index >= 15 is 0 Å². The molecule has 202 valence electrons. The van der Waals surface area contributed by atoms with Crippen LogP contribution >= 0.6 is 23.1 Å². The Morgan fingerprint density at radius 2 is 1.79 bits per heavy atom. The van der Waals surface area contributed by atoms with Gasteiger partial charge in [0.25, 0.3) is 11.1 Å². The standard InChI is InChI=1S/C29H30N4O4S2/c1-2-19-7-9-20(10-8-19)22-5-3-4-6-23(22)30-27(36)24-17-38-28(31-24)21-11-14-32(15-12-21)25(34)13-16-33-26(35)18-39-29(33)37/h3-10,17,21H,2,11-16,18H2,1H3,(H,30,36). The van der Waals surface area contributed by atoms with Crippen LogP contribution in [0.15, 0.2) is 53.9 Å². The van der Waals surface area contributed by atoms with Crippen LogP contribution in [0.5, 0.6) is 0 Å². The number of piperidine rings is 1. The van der Waals surface area contributed by atoms with Crippen LogP contribution in [0.4, 0.5) is 10.5 Å². The SMILES string of the molecule is CCc1ccc(-c2ccccc2NC(=O)c2csc(C3CCN(C(=O)CCN4C(=O)CSC4=O)CC3)n2)cc1. The van der Waals surface area contributed by atoms with Crippen molar-refractivity contribution in [1.82, 2.24) is 14.8 Å². The van der Waals surface area contributed by atoms with Crippen LogP contribution in [-0.4, -0.2) is 63.1 Å². The Morgan fingerprint density at radius 3 is 2.49 bits per heavy atom. The monoisotopic (exact) mass is 562 g/mol. The number of benzene rings is 2. The number of amides is 4. The fourth-order valence-electron chi connectivity index (χ4n) is 4.87. The van der Waals surface area contributed by atoms with Crippen LogP contribution in [-0.2, 0) is 16.0 Å². The highest BCUT2D eigenvalue weighted by atomic mass is 32.2. The molecule has 2 aliphatic rings. The summed E-state index contributed by atoms with van der Waals surface area (Å²) in [7, 11) is 0. The lowest BCUT2D eigenvalue weighted by Crippen LogP contribution is -2.40. The van der Waals surface area contributed by atoms with Crippen LogP contribution in [0.1, 0.15) is 53.2 Å². The molecule has 10 heteroatoms. The molecule has 3 aromatic rings. The van der Waals surface area contributed by atoms with Crippen molar-refractivity contribution in [3.63, 3.8) is 0 Å². The Hall–Kier alpha value is -3.50. The highest BCUT2D eigenvalue weighted by molar-refractivity contribution is 8.14. The number of rotatable bonds is 8. The van der Waals surface area contributed by atoms with Crippen LogP contribution in [0.3, 0.4) is 0 Å². The van der Waals surface area contributed by atoms with Crippen molar-refractivity contribution in [2.75, 3.05) is 30.7 Å². The second-order valence-electron chi connectivity index (χ2n) is 9.63. The first-order chi connectivity index (χ1) is 18.9. The highest BCUT2D eigenvalue weighted by Gasteiger charge is 2.31. The van der Waals surface area contributed by atoms with Gasteiger partial charge in [0.1, 0.15) is 5.69 Å². The van der Waals surface area contributed by atoms with E-state index in [1.165, 1.54) is 16.9 Å². The second-order valence-corrected chi connectivity index (χ2v) is 11.4. The van der Waals surface area contributed by atoms with E-state index in [9.17, 15) is 19.2 Å². The summed E-state index contributed by atoms with van der Waals surface area (Å²) in [5, 5.41) is 5.46. The molecule has 1 N–H and O–H groups in total. The number of para-hydroxylation sites is 1. The molecule has 1 aromatic heterocycles. The van der Waals surface area contributed by atoms with Crippen LogP contribution in [0, 0.1) is 0 Å². The number of hydrogen-bond donors (Lipinski definition) is 1. The minimum absolute atomic E-state index is 0.0480. The molecule has 2 saturated heterocycles.